The Hall–Kier alpha value is -2.09. The maximum absolute atomic E-state index is 11.4. The van der Waals surface area contributed by atoms with Crippen molar-refractivity contribution >= 4 is 17.8 Å². The minimum Gasteiger partial charge on any atom is -0.283 e. The molecule has 1 heterocycles. The summed E-state index contributed by atoms with van der Waals surface area (Å²) in [5.41, 5.74) is 4.27. The minimum atomic E-state index is -0.0767. The zero-order valence-corrected chi connectivity index (χ0v) is 10.6. The fourth-order valence-electron chi connectivity index (χ4n) is 2.81. The van der Waals surface area contributed by atoms with Crippen molar-refractivity contribution in [2.24, 2.45) is 0 Å². The second-order valence-electron chi connectivity index (χ2n) is 5.13. The zero-order chi connectivity index (χ0) is 12.8. The van der Waals surface area contributed by atoms with Crippen LogP contribution in [0.3, 0.4) is 0 Å². The maximum Gasteiger partial charge on any atom is 0.218 e. The van der Waals surface area contributed by atoms with E-state index in [0.717, 1.165) is 17.8 Å². The Morgan fingerprint density at radius 2 is 1.33 bits per heavy atom. The molecule has 1 aliphatic rings. The molecule has 2 nitrogen and oxygen atoms in total. The highest BCUT2D eigenvalue weighted by Gasteiger charge is 2.35. The number of hydrogen-bond acceptors (Lipinski definition) is 1. The normalized spacial score (nSPS) is 15.8. The molecule has 0 N–H and O–H groups in total. The summed E-state index contributed by atoms with van der Waals surface area (Å²) in [5.74, 6) is 0. The van der Waals surface area contributed by atoms with Gasteiger partial charge in [0.25, 0.3) is 0 Å². The van der Waals surface area contributed by atoms with E-state index in [9.17, 15) is 4.79 Å². The van der Waals surface area contributed by atoms with Crippen LogP contribution in [0.4, 0.5) is 11.4 Å². The van der Waals surface area contributed by atoms with Crippen molar-refractivity contribution < 1.29 is 4.79 Å². The van der Waals surface area contributed by atoms with Gasteiger partial charge in [-0.1, -0.05) is 50.2 Å². The topological polar surface area (TPSA) is 20.3 Å². The molecule has 0 saturated heterocycles. The lowest BCUT2D eigenvalue weighted by atomic mass is 9.74. The Morgan fingerprint density at radius 3 is 1.78 bits per heavy atom. The number of fused-ring (bicyclic) bond motifs is 2. The lowest BCUT2D eigenvalue weighted by Gasteiger charge is -2.39. The van der Waals surface area contributed by atoms with Crippen molar-refractivity contribution in [1.29, 1.82) is 0 Å². The van der Waals surface area contributed by atoms with Gasteiger partial charge in [-0.25, -0.2) is 0 Å². The zero-order valence-electron chi connectivity index (χ0n) is 10.6. The summed E-state index contributed by atoms with van der Waals surface area (Å²) in [6, 6.07) is 16.2. The van der Waals surface area contributed by atoms with Crippen molar-refractivity contribution in [3.05, 3.63) is 59.7 Å². The first-order valence-electron chi connectivity index (χ1n) is 6.10. The molecule has 2 aromatic rings. The van der Waals surface area contributed by atoms with Gasteiger partial charge in [0, 0.05) is 5.41 Å². The Morgan fingerprint density at radius 1 is 0.889 bits per heavy atom. The van der Waals surface area contributed by atoms with E-state index in [1.54, 1.807) is 4.90 Å². The number of rotatable bonds is 1. The molecular formula is C16H15NO. The van der Waals surface area contributed by atoms with E-state index in [4.69, 9.17) is 0 Å². The summed E-state index contributed by atoms with van der Waals surface area (Å²) in [6.07, 6.45) is 0.896. The van der Waals surface area contributed by atoms with E-state index in [1.807, 2.05) is 36.4 Å². The first kappa shape index (κ1) is 11.0. The summed E-state index contributed by atoms with van der Waals surface area (Å²) in [6.45, 7) is 4.40. The number of nitrogens with zero attached hydrogens (tertiary/aromatic N) is 1. The largest absolute Gasteiger partial charge is 0.283 e. The molecule has 1 amide bonds. The predicted octanol–water partition coefficient (Wildman–Crippen LogP) is 3.62. The van der Waals surface area contributed by atoms with E-state index < -0.39 is 0 Å². The Kier molecular flexibility index (Phi) is 2.27. The monoisotopic (exact) mass is 237 g/mol. The van der Waals surface area contributed by atoms with Crippen molar-refractivity contribution in [2.75, 3.05) is 4.90 Å². The number of hydrogen-bond donors (Lipinski definition) is 0. The number of carbonyl (C=O) groups is 1. The smallest absolute Gasteiger partial charge is 0.218 e. The highest BCUT2D eigenvalue weighted by Crippen LogP contribution is 2.47. The van der Waals surface area contributed by atoms with Crippen molar-refractivity contribution in [1.82, 2.24) is 0 Å². The van der Waals surface area contributed by atoms with E-state index in [2.05, 4.69) is 26.0 Å². The van der Waals surface area contributed by atoms with Crippen LogP contribution in [0.1, 0.15) is 25.0 Å². The van der Waals surface area contributed by atoms with Crippen LogP contribution >= 0.6 is 0 Å². The van der Waals surface area contributed by atoms with Crippen molar-refractivity contribution in [2.45, 2.75) is 19.3 Å². The lowest BCUT2D eigenvalue weighted by Crippen LogP contribution is -2.32. The summed E-state index contributed by atoms with van der Waals surface area (Å²) >= 11 is 0. The van der Waals surface area contributed by atoms with Crippen LogP contribution in [0.25, 0.3) is 0 Å². The molecule has 0 radical (unpaired) electrons. The van der Waals surface area contributed by atoms with Crippen LogP contribution in [-0.4, -0.2) is 6.41 Å². The third kappa shape index (κ3) is 1.32. The molecular weight excluding hydrogens is 222 g/mol. The van der Waals surface area contributed by atoms with Gasteiger partial charge in [0.1, 0.15) is 0 Å². The molecule has 0 fully saturated rings. The number of amides is 1. The quantitative estimate of drug-likeness (QED) is 0.694. The van der Waals surface area contributed by atoms with Gasteiger partial charge >= 0.3 is 0 Å². The van der Waals surface area contributed by atoms with Crippen LogP contribution in [0.2, 0.25) is 0 Å². The lowest BCUT2D eigenvalue weighted by molar-refractivity contribution is -0.106. The maximum atomic E-state index is 11.4. The first-order chi connectivity index (χ1) is 8.66. The van der Waals surface area contributed by atoms with Gasteiger partial charge in [-0.2, -0.15) is 0 Å². The standard InChI is InChI=1S/C16H15NO/c1-16(2)12-7-3-5-9-14(12)17(11-18)15-10-6-4-8-13(15)16/h3-11H,1-2H3. The van der Waals surface area contributed by atoms with Gasteiger partial charge in [0.15, 0.2) is 0 Å². The molecule has 2 heteroatoms. The van der Waals surface area contributed by atoms with Gasteiger partial charge in [0.2, 0.25) is 6.41 Å². The van der Waals surface area contributed by atoms with Gasteiger partial charge in [-0.3, -0.25) is 9.69 Å². The average Bonchev–Trinajstić information content (AvgIpc) is 2.40. The molecule has 0 unspecified atom stereocenters. The molecule has 0 saturated carbocycles. The van der Waals surface area contributed by atoms with Crippen LogP contribution in [-0.2, 0) is 10.2 Å². The molecule has 1 aliphatic heterocycles. The van der Waals surface area contributed by atoms with Crippen LogP contribution < -0.4 is 4.90 Å². The third-order valence-corrected chi connectivity index (χ3v) is 3.78. The van der Waals surface area contributed by atoms with Gasteiger partial charge in [-0.15, -0.1) is 0 Å². The molecule has 2 aromatic carbocycles. The second kappa shape index (κ2) is 3.70. The van der Waals surface area contributed by atoms with E-state index in [0.29, 0.717) is 0 Å². The molecule has 0 atom stereocenters. The highest BCUT2D eigenvalue weighted by molar-refractivity contribution is 5.92. The van der Waals surface area contributed by atoms with Crippen LogP contribution in [0.5, 0.6) is 0 Å². The second-order valence-corrected chi connectivity index (χ2v) is 5.13. The Bertz CT molecular complexity index is 566. The summed E-state index contributed by atoms with van der Waals surface area (Å²) < 4.78 is 0. The van der Waals surface area contributed by atoms with E-state index >= 15 is 0 Å². The van der Waals surface area contributed by atoms with Crippen LogP contribution in [0.15, 0.2) is 48.5 Å². The van der Waals surface area contributed by atoms with Crippen LogP contribution in [0, 0.1) is 0 Å². The predicted molar refractivity (Wildman–Crippen MR) is 73.2 cm³/mol. The molecule has 0 aromatic heterocycles. The van der Waals surface area contributed by atoms with Gasteiger partial charge < -0.3 is 0 Å². The minimum absolute atomic E-state index is 0.0767. The van der Waals surface area contributed by atoms with Crippen molar-refractivity contribution in [3.63, 3.8) is 0 Å². The number of para-hydroxylation sites is 2. The SMILES string of the molecule is CC1(C)c2ccccc2N(C=O)c2ccccc21. The van der Waals surface area contributed by atoms with Crippen molar-refractivity contribution in [3.8, 4) is 0 Å². The third-order valence-electron chi connectivity index (χ3n) is 3.78. The molecule has 18 heavy (non-hydrogen) atoms. The molecule has 0 spiro atoms. The number of anilines is 2. The summed E-state index contributed by atoms with van der Waals surface area (Å²) in [5, 5.41) is 0. The van der Waals surface area contributed by atoms with E-state index in [-0.39, 0.29) is 5.41 Å². The van der Waals surface area contributed by atoms with E-state index in [1.165, 1.54) is 11.1 Å². The fourth-order valence-corrected chi connectivity index (χ4v) is 2.81. The first-order valence-corrected chi connectivity index (χ1v) is 6.10. The Labute approximate surface area is 107 Å². The highest BCUT2D eigenvalue weighted by atomic mass is 16.1. The average molecular weight is 237 g/mol. The van der Waals surface area contributed by atoms with Gasteiger partial charge in [0.05, 0.1) is 11.4 Å². The molecule has 0 bridgehead atoms. The Balaban J connectivity index is 2.36. The fraction of sp³-hybridized carbons (Fsp3) is 0.188. The molecule has 3 rings (SSSR count). The number of benzene rings is 2. The molecule has 0 aliphatic carbocycles. The van der Waals surface area contributed by atoms with Gasteiger partial charge in [-0.05, 0) is 23.3 Å². The number of carbonyl (C=O) groups excluding carboxylic acids is 1. The summed E-state index contributed by atoms with van der Waals surface area (Å²) in [4.78, 5) is 13.2. The summed E-state index contributed by atoms with van der Waals surface area (Å²) in [7, 11) is 0. The molecule has 90 valence electrons.